The molecule has 0 bridgehead atoms. The molecule has 1 saturated carbocycles. The number of para-hydroxylation sites is 1. The predicted octanol–water partition coefficient (Wildman–Crippen LogP) is 3.34. The van der Waals surface area contributed by atoms with E-state index in [1.807, 2.05) is 13.0 Å². The summed E-state index contributed by atoms with van der Waals surface area (Å²) >= 11 is 0. The van der Waals surface area contributed by atoms with Gasteiger partial charge in [-0.3, -0.25) is 0 Å². The molecule has 1 aromatic carbocycles. The van der Waals surface area contributed by atoms with Crippen molar-refractivity contribution < 1.29 is 4.39 Å². The standard InChI is InChI=1S/C16H25FN2/c1-11(2)19(10-13-7-8-13)16-14(9-12(3)18)5-4-6-15(16)17/h4-6,11-13H,7-10,18H2,1-3H3. The summed E-state index contributed by atoms with van der Waals surface area (Å²) in [6.07, 6.45) is 3.28. The van der Waals surface area contributed by atoms with Gasteiger partial charge < -0.3 is 10.6 Å². The Morgan fingerprint density at radius 2 is 2.00 bits per heavy atom. The number of benzene rings is 1. The molecule has 1 unspecified atom stereocenters. The number of nitrogens with zero attached hydrogens (tertiary/aromatic N) is 1. The van der Waals surface area contributed by atoms with E-state index in [4.69, 9.17) is 5.73 Å². The number of rotatable bonds is 6. The molecule has 2 N–H and O–H groups in total. The Kier molecular flexibility index (Phi) is 4.46. The minimum absolute atomic E-state index is 0.0514. The predicted molar refractivity (Wildman–Crippen MR) is 79.0 cm³/mol. The van der Waals surface area contributed by atoms with Gasteiger partial charge in [0.25, 0.3) is 0 Å². The van der Waals surface area contributed by atoms with Crippen molar-refractivity contribution >= 4 is 5.69 Å². The van der Waals surface area contributed by atoms with Gasteiger partial charge in [0.2, 0.25) is 0 Å². The number of hydrogen-bond donors (Lipinski definition) is 1. The molecule has 1 atom stereocenters. The topological polar surface area (TPSA) is 29.3 Å². The van der Waals surface area contributed by atoms with Gasteiger partial charge in [-0.25, -0.2) is 4.39 Å². The van der Waals surface area contributed by atoms with Gasteiger partial charge in [0.05, 0.1) is 5.69 Å². The summed E-state index contributed by atoms with van der Waals surface area (Å²) in [7, 11) is 0. The minimum Gasteiger partial charge on any atom is -0.366 e. The zero-order valence-corrected chi connectivity index (χ0v) is 12.2. The normalized spacial score (nSPS) is 16.7. The summed E-state index contributed by atoms with van der Waals surface area (Å²) in [5, 5.41) is 0. The Morgan fingerprint density at radius 3 is 2.53 bits per heavy atom. The van der Waals surface area contributed by atoms with Crippen LogP contribution in [-0.4, -0.2) is 18.6 Å². The molecule has 0 saturated heterocycles. The molecule has 0 heterocycles. The third-order valence-corrected chi connectivity index (χ3v) is 3.67. The summed E-state index contributed by atoms with van der Waals surface area (Å²) in [5.74, 6) is 0.623. The molecule has 1 aromatic rings. The van der Waals surface area contributed by atoms with Gasteiger partial charge in [-0.15, -0.1) is 0 Å². The van der Waals surface area contributed by atoms with E-state index in [-0.39, 0.29) is 11.9 Å². The van der Waals surface area contributed by atoms with Gasteiger partial charge >= 0.3 is 0 Å². The van der Waals surface area contributed by atoms with Crippen molar-refractivity contribution in [3.63, 3.8) is 0 Å². The molecule has 3 heteroatoms. The van der Waals surface area contributed by atoms with Crippen LogP contribution < -0.4 is 10.6 Å². The van der Waals surface area contributed by atoms with Crippen LogP contribution in [0.5, 0.6) is 0 Å². The van der Waals surface area contributed by atoms with Gasteiger partial charge in [0, 0.05) is 18.6 Å². The maximum atomic E-state index is 14.3. The van der Waals surface area contributed by atoms with Crippen LogP contribution in [0.3, 0.4) is 0 Å². The van der Waals surface area contributed by atoms with Crippen LogP contribution in [0, 0.1) is 11.7 Å². The zero-order chi connectivity index (χ0) is 14.0. The van der Waals surface area contributed by atoms with Crippen LogP contribution in [-0.2, 0) is 6.42 Å². The maximum absolute atomic E-state index is 14.3. The molecule has 1 aliphatic rings. The van der Waals surface area contributed by atoms with Crippen molar-refractivity contribution in [1.82, 2.24) is 0 Å². The Hall–Kier alpha value is -1.09. The summed E-state index contributed by atoms with van der Waals surface area (Å²) < 4.78 is 14.3. The Labute approximate surface area is 115 Å². The lowest BCUT2D eigenvalue weighted by Gasteiger charge is -2.31. The number of hydrogen-bond acceptors (Lipinski definition) is 2. The van der Waals surface area contributed by atoms with E-state index < -0.39 is 0 Å². The summed E-state index contributed by atoms with van der Waals surface area (Å²) in [5.41, 5.74) is 7.69. The van der Waals surface area contributed by atoms with E-state index in [1.54, 1.807) is 12.1 Å². The van der Waals surface area contributed by atoms with Crippen molar-refractivity contribution in [2.75, 3.05) is 11.4 Å². The zero-order valence-electron chi connectivity index (χ0n) is 12.2. The highest BCUT2D eigenvalue weighted by Gasteiger charge is 2.28. The summed E-state index contributed by atoms with van der Waals surface area (Å²) in [6, 6.07) is 5.71. The monoisotopic (exact) mass is 264 g/mol. The SMILES string of the molecule is CC(N)Cc1cccc(F)c1N(CC1CC1)C(C)C. The average molecular weight is 264 g/mol. The van der Waals surface area contributed by atoms with Crippen molar-refractivity contribution in [2.24, 2.45) is 11.7 Å². The Balaban J connectivity index is 2.32. The quantitative estimate of drug-likeness (QED) is 0.854. The lowest BCUT2D eigenvalue weighted by atomic mass is 10.0. The van der Waals surface area contributed by atoms with Gasteiger partial charge in [0.15, 0.2) is 0 Å². The minimum atomic E-state index is -0.118. The Bertz CT molecular complexity index is 425. The van der Waals surface area contributed by atoms with Gasteiger partial charge in [0.1, 0.15) is 5.82 Å². The van der Waals surface area contributed by atoms with Crippen LogP contribution in [0.1, 0.15) is 39.2 Å². The summed E-state index contributed by atoms with van der Waals surface area (Å²) in [4.78, 5) is 2.21. The van der Waals surface area contributed by atoms with Crippen molar-refractivity contribution in [3.8, 4) is 0 Å². The van der Waals surface area contributed by atoms with Crippen LogP contribution in [0.2, 0.25) is 0 Å². The van der Waals surface area contributed by atoms with Crippen LogP contribution in [0.4, 0.5) is 10.1 Å². The summed E-state index contributed by atoms with van der Waals surface area (Å²) in [6.45, 7) is 7.19. The number of nitrogens with two attached hydrogens (primary N) is 1. The van der Waals surface area contributed by atoms with E-state index in [1.165, 1.54) is 12.8 Å². The molecule has 2 nitrogen and oxygen atoms in total. The molecule has 0 aromatic heterocycles. The highest BCUT2D eigenvalue weighted by atomic mass is 19.1. The first kappa shape index (κ1) is 14.3. The van der Waals surface area contributed by atoms with Crippen molar-refractivity contribution in [3.05, 3.63) is 29.6 Å². The van der Waals surface area contributed by atoms with Crippen LogP contribution in [0.25, 0.3) is 0 Å². The fraction of sp³-hybridized carbons (Fsp3) is 0.625. The highest BCUT2D eigenvalue weighted by Crippen LogP contribution is 2.34. The second-order valence-electron chi connectivity index (χ2n) is 6.12. The van der Waals surface area contributed by atoms with Gasteiger partial charge in [-0.2, -0.15) is 0 Å². The lowest BCUT2D eigenvalue weighted by molar-refractivity contribution is 0.582. The smallest absolute Gasteiger partial charge is 0.146 e. The molecule has 106 valence electrons. The van der Waals surface area contributed by atoms with E-state index in [9.17, 15) is 4.39 Å². The molecular formula is C16H25FN2. The maximum Gasteiger partial charge on any atom is 0.146 e. The first-order chi connectivity index (χ1) is 8.99. The molecule has 0 amide bonds. The third-order valence-electron chi connectivity index (χ3n) is 3.67. The van der Waals surface area contributed by atoms with Crippen molar-refractivity contribution in [1.29, 1.82) is 0 Å². The van der Waals surface area contributed by atoms with E-state index in [0.717, 1.165) is 30.1 Å². The molecular weight excluding hydrogens is 239 g/mol. The Morgan fingerprint density at radius 1 is 1.32 bits per heavy atom. The van der Waals surface area contributed by atoms with E-state index >= 15 is 0 Å². The first-order valence-corrected chi connectivity index (χ1v) is 7.28. The largest absolute Gasteiger partial charge is 0.366 e. The molecule has 1 fully saturated rings. The third kappa shape index (κ3) is 3.69. The molecule has 2 rings (SSSR count). The number of anilines is 1. The molecule has 0 spiro atoms. The lowest BCUT2D eigenvalue weighted by Crippen LogP contribution is -2.35. The van der Waals surface area contributed by atoms with Crippen LogP contribution >= 0.6 is 0 Å². The second kappa shape index (κ2) is 5.91. The molecule has 19 heavy (non-hydrogen) atoms. The van der Waals surface area contributed by atoms with Gasteiger partial charge in [-0.05, 0) is 57.6 Å². The fourth-order valence-corrected chi connectivity index (χ4v) is 2.53. The number of halogens is 1. The average Bonchev–Trinajstić information content (AvgIpc) is 3.10. The second-order valence-corrected chi connectivity index (χ2v) is 6.12. The van der Waals surface area contributed by atoms with E-state index in [0.29, 0.717) is 6.04 Å². The molecule has 0 aliphatic heterocycles. The highest BCUT2D eigenvalue weighted by molar-refractivity contribution is 5.56. The first-order valence-electron chi connectivity index (χ1n) is 7.28. The molecule has 0 radical (unpaired) electrons. The fourth-order valence-electron chi connectivity index (χ4n) is 2.53. The van der Waals surface area contributed by atoms with Crippen LogP contribution in [0.15, 0.2) is 18.2 Å². The van der Waals surface area contributed by atoms with E-state index in [2.05, 4.69) is 18.7 Å². The van der Waals surface area contributed by atoms with Crippen molar-refractivity contribution in [2.45, 2.75) is 52.1 Å². The molecule has 1 aliphatic carbocycles. The van der Waals surface area contributed by atoms with Gasteiger partial charge in [-0.1, -0.05) is 12.1 Å².